The molecule has 2 aromatic rings. The van der Waals surface area contributed by atoms with Gasteiger partial charge in [0.25, 0.3) is 0 Å². The van der Waals surface area contributed by atoms with Crippen molar-refractivity contribution < 1.29 is 9.13 Å². The van der Waals surface area contributed by atoms with E-state index in [-0.39, 0.29) is 11.8 Å². The van der Waals surface area contributed by atoms with Gasteiger partial charge in [0.1, 0.15) is 0 Å². The third-order valence-corrected chi connectivity index (χ3v) is 3.76. The van der Waals surface area contributed by atoms with E-state index >= 15 is 0 Å². The van der Waals surface area contributed by atoms with E-state index in [4.69, 9.17) is 4.74 Å². The van der Waals surface area contributed by atoms with Crippen LogP contribution < -0.4 is 10.3 Å². The fourth-order valence-electron chi connectivity index (χ4n) is 2.16. The lowest BCUT2D eigenvalue weighted by atomic mass is 10.2. The Kier molecular flexibility index (Phi) is 5.14. The second kappa shape index (κ2) is 7.47. The van der Waals surface area contributed by atoms with Crippen molar-refractivity contribution in [2.45, 2.75) is 0 Å². The highest BCUT2D eigenvalue weighted by Gasteiger charge is 2.17. The van der Waals surface area contributed by atoms with Crippen molar-refractivity contribution in [1.29, 1.82) is 0 Å². The Labute approximate surface area is 141 Å². The van der Waals surface area contributed by atoms with Crippen LogP contribution in [0.2, 0.25) is 0 Å². The number of anilines is 2. The van der Waals surface area contributed by atoms with Gasteiger partial charge in [-0.05, 0) is 17.7 Å². The van der Waals surface area contributed by atoms with Gasteiger partial charge in [-0.15, -0.1) is 0 Å². The zero-order valence-electron chi connectivity index (χ0n) is 12.2. The lowest BCUT2D eigenvalue weighted by molar-refractivity contribution is 0.122. The number of rotatable bonds is 4. The first kappa shape index (κ1) is 15.8. The van der Waals surface area contributed by atoms with Crippen molar-refractivity contribution in [3.05, 3.63) is 46.3 Å². The lowest BCUT2D eigenvalue weighted by Crippen LogP contribution is -2.37. The van der Waals surface area contributed by atoms with E-state index < -0.39 is 5.82 Å². The van der Waals surface area contributed by atoms with Crippen LogP contribution in [-0.2, 0) is 4.74 Å². The van der Waals surface area contributed by atoms with Crippen molar-refractivity contribution in [3.63, 3.8) is 0 Å². The highest BCUT2D eigenvalue weighted by Crippen LogP contribution is 2.18. The monoisotopic (exact) mass is 379 g/mol. The molecule has 0 unspecified atom stereocenters. The average Bonchev–Trinajstić information content (AvgIpc) is 2.57. The molecule has 8 heteroatoms. The molecule has 6 nitrogen and oxygen atoms in total. The smallest absolute Gasteiger partial charge is 0.245 e. The fourth-order valence-corrected chi connectivity index (χ4v) is 2.58. The molecular weight excluding hydrogens is 365 g/mol. The molecule has 1 N–H and O–H groups in total. The molecule has 1 aromatic carbocycles. The third kappa shape index (κ3) is 4.23. The minimum absolute atomic E-state index is 0.249. The molecule has 120 valence electrons. The summed E-state index contributed by atoms with van der Waals surface area (Å²) in [5.41, 5.74) is 3.65. The molecule has 0 spiro atoms. The summed E-state index contributed by atoms with van der Waals surface area (Å²) in [6.07, 6.45) is 2.79. The van der Waals surface area contributed by atoms with Crippen molar-refractivity contribution in [2.24, 2.45) is 5.10 Å². The van der Waals surface area contributed by atoms with Crippen LogP contribution in [0.25, 0.3) is 0 Å². The number of ether oxygens (including phenoxy) is 1. The minimum atomic E-state index is -0.451. The molecule has 1 saturated heterocycles. The number of hydrazone groups is 1. The first-order chi connectivity index (χ1) is 11.2. The molecular formula is C15H15BrFN5O. The normalized spacial score (nSPS) is 15.1. The second-order valence-corrected chi connectivity index (χ2v) is 5.81. The van der Waals surface area contributed by atoms with Gasteiger partial charge in [0, 0.05) is 17.6 Å². The number of aromatic nitrogens is 2. The summed E-state index contributed by atoms with van der Waals surface area (Å²) in [5, 5.41) is 4.08. The van der Waals surface area contributed by atoms with Crippen molar-refractivity contribution >= 4 is 33.9 Å². The molecule has 23 heavy (non-hydrogen) atoms. The van der Waals surface area contributed by atoms with Gasteiger partial charge in [-0.1, -0.05) is 28.1 Å². The Morgan fingerprint density at radius 3 is 2.96 bits per heavy atom. The summed E-state index contributed by atoms with van der Waals surface area (Å²) in [4.78, 5) is 9.94. The first-order valence-corrected chi connectivity index (χ1v) is 7.91. The van der Waals surface area contributed by atoms with Crippen LogP contribution in [-0.4, -0.2) is 42.5 Å². The van der Waals surface area contributed by atoms with E-state index in [1.165, 1.54) is 0 Å². The number of hydrogen-bond donors (Lipinski definition) is 1. The van der Waals surface area contributed by atoms with Crippen molar-refractivity contribution in [3.8, 4) is 0 Å². The summed E-state index contributed by atoms with van der Waals surface area (Å²) in [6.45, 7) is 2.34. The predicted octanol–water partition coefficient (Wildman–Crippen LogP) is 2.66. The van der Waals surface area contributed by atoms with Gasteiger partial charge < -0.3 is 9.64 Å². The van der Waals surface area contributed by atoms with E-state index in [1.54, 1.807) is 6.21 Å². The molecule has 0 amide bonds. The Morgan fingerprint density at radius 2 is 2.17 bits per heavy atom. The lowest BCUT2D eigenvalue weighted by Gasteiger charge is -2.27. The summed E-state index contributed by atoms with van der Waals surface area (Å²) in [6, 6.07) is 7.69. The molecule has 0 saturated carbocycles. The Balaban J connectivity index is 1.70. The molecule has 0 atom stereocenters. The number of nitrogens with zero attached hydrogens (tertiary/aromatic N) is 4. The molecule has 1 fully saturated rings. The molecule has 0 bridgehead atoms. The van der Waals surface area contributed by atoms with Crippen LogP contribution in [0, 0.1) is 5.82 Å². The van der Waals surface area contributed by atoms with Crippen LogP contribution >= 0.6 is 15.9 Å². The summed E-state index contributed by atoms with van der Waals surface area (Å²) >= 11 is 3.40. The Morgan fingerprint density at radius 1 is 1.35 bits per heavy atom. The standard InChI is InChI=1S/C15H15BrFN5O/c16-12-3-1-2-11(8-12)9-19-21-15-18-10-13(17)14(20-15)22-4-6-23-7-5-22/h1-3,8-10H,4-7H2,(H,18,20,21)/b19-9+. The summed E-state index contributed by atoms with van der Waals surface area (Å²) in [5.74, 6) is 0.0658. The summed E-state index contributed by atoms with van der Waals surface area (Å²) in [7, 11) is 0. The topological polar surface area (TPSA) is 62.6 Å². The maximum atomic E-state index is 13.9. The predicted molar refractivity (Wildman–Crippen MR) is 90.4 cm³/mol. The summed E-state index contributed by atoms with van der Waals surface area (Å²) < 4.78 is 20.1. The van der Waals surface area contributed by atoms with Gasteiger partial charge in [-0.3, -0.25) is 0 Å². The molecule has 2 heterocycles. The van der Waals surface area contributed by atoms with E-state index in [1.807, 2.05) is 29.2 Å². The molecule has 1 aliphatic rings. The number of morpholine rings is 1. The van der Waals surface area contributed by atoms with Gasteiger partial charge in [0.15, 0.2) is 11.6 Å². The number of hydrogen-bond acceptors (Lipinski definition) is 6. The third-order valence-electron chi connectivity index (χ3n) is 3.26. The van der Waals surface area contributed by atoms with Gasteiger partial charge in [0.05, 0.1) is 25.6 Å². The number of nitrogens with one attached hydrogen (secondary N) is 1. The number of benzene rings is 1. The van der Waals surface area contributed by atoms with Crippen LogP contribution in [0.3, 0.4) is 0 Å². The Bertz CT molecular complexity index is 706. The fraction of sp³-hybridized carbons (Fsp3) is 0.267. The number of halogens is 2. The molecule has 3 rings (SSSR count). The van der Waals surface area contributed by atoms with Gasteiger partial charge in [-0.2, -0.15) is 10.1 Å². The van der Waals surface area contributed by atoms with E-state index in [9.17, 15) is 4.39 Å². The molecule has 0 aliphatic carbocycles. The SMILES string of the molecule is Fc1cnc(N/N=C/c2cccc(Br)c2)nc1N1CCOCC1. The van der Waals surface area contributed by atoms with Crippen molar-refractivity contribution in [2.75, 3.05) is 36.6 Å². The largest absolute Gasteiger partial charge is 0.378 e. The van der Waals surface area contributed by atoms with Gasteiger partial charge in [-0.25, -0.2) is 14.8 Å². The highest BCUT2D eigenvalue weighted by molar-refractivity contribution is 9.10. The molecule has 0 radical (unpaired) electrons. The first-order valence-electron chi connectivity index (χ1n) is 7.12. The van der Waals surface area contributed by atoms with E-state index in [0.29, 0.717) is 26.3 Å². The maximum Gasteiger partial charge on any atom is 0.245 e. The Hall–Kier alpha value is -2.06. The second-order valence-electron chi connectivity index (χ2n) is 4.89. The average molecular weight is 380 g/mol. The maximum absolute atomic E-state index is 13.9. The van der Waals surface area contributed by atoms with Gasteiger partial charge >= 0.3 is 0 Å². The van der Waals surface area contributed by atoms with Crippen LogP contribution in [0.5, 0.6) is 0 Å². The highest BCUT2D eigenvalue weighted by atomic mass is 79.9. The van der Waals surface area contributed by atoms with Crippen LogP contribution in [0.1, 0.15) is 5.56 Å². The zero-order valence-corrected chi connectivity index (χ0v) is 13.8. The van der Waals surface area contributed by atoms with Crippen LogP contribution in [0.4, 0.5) is 16.2 Å². The van der Waals surface area contributed by atoms with Gasteiger partial charge in [0.2, 0.25) is 5.95 Å². The molecule has 1 aromatic heterocycles. The van der Waals surface area contributed by atoms with Crippen molar-refractivity contribution in [1.82, 2.24) is 9.97 Å². The van der Waals surface area contributed by atoms with Crippen LogP contribution in [0.15, 0.2) is 40.0 Å². The van der Waals surface area contributed by atoms with E-state index in [0.717, 1.165) is 16.2 Å². The van der Waals surface area contributed by atoms with E-state index in [2.05, 4.69) is 36.4 Å². The quantitative estimate of drug-likeness (QED) is 0.653. The molecule has 1 aliphatic heterocycles. The zero-order chi connectivity index (χ0) is 16.1. The minimum Gasteiger partial charge on any atom is -0.378 e.